The second-order valence-corrected chi connectivity index (χ2v) is 8.14. The van der Waals surface area contributed by atoms with Gasteiger partial charge in [0.05, 0.1) is 11.2 Å². The van der Waals surface area contributed by atoms with Crippen molar-refractivity contribution in [2.24, 2.45) is 0 Å². The summed E-state index contributed by atoms with van der Waals surface area (Å²) in [5.41, 5.74) is 2.07. The second-order valence-electron chi connectivity index (χ2n) is 8.14. The van der Waals surface area contributed by atoms with Gasteiger partial charge in [-0.3, -0.25) is 9.78 Å². The number of benzene rings is 1. The van der Waals surface area contributed by atoms with Gasteiger partial charge in [0, 0.05) is 35.5 Å². The predicted octanol–water partition coefficient (Wildman–Crippen LogP) is 4.88. The zero-order chi connectivity index (χ0) is 23.5. The van der Waals surface area contributed by atoms with Gasteiger partial charge in [-0.25, -0.2) is 18.6 Å². The molecule has 2 aromatic heterocycles. The van der Waals surface area contributed by atoms with E-state index in [-0.39, 0.29) is 18.7 Å². The lowest BCUT2D eigenvalue weighted by molar-refractivity contribution is -0.105. The van der Waals surface area contributed by atoms with Crippen molar-refractivity contribution < 1.29 is 18.4 Å². The van der Waals surface area contributed by atoms with Crippen LogP contribution in [0, 0.1) is 19.7 Å². The smallest absolute Gasteiger partial charge is 0.319 e. The van der Waals surface area contributed by atoms with Crippen molar-refractivity contribution in [1.82, 2.24) is 15.3 Å². The maximum Gasteiger partial charge on any atom is 0.319 e. The second kappa shape index (κ2) is 9.25. The van der Waals surface area contributed by atoms with E-state index in [9.17, 15) is 18.4 Å². The Kier molecular flexibility index (Phi) is 6.67. The van der Waals surface area contributed by atoms with E-state index in [1.807, 2.05) is 13.0 Å². The molecule has 0 radical (unpaired) electrons. The number of aryl methyl sites for hydroxylation is 2. The molecule has 0 atom stereocenters. The molecule has 0 spiro atoms. The van der Waals surface area contributed by atoms with Crippen LogP contribution in [-0.2, 0) is 4.79 Å². The largest absolute Gasteiger partial charge is 0.338 e. The van der Waals surface area contributed by atoms with Crippen molar-refractivity contribution >= 4 is 34.8 Å². The summed E-state index contributed by atoms with van der Waals surface area (Å²) in [4.78, 5) is 31.5. The summed E-state index contributed by atoms with van der Waals surface area (Å²) in [5, 5.41) is 8.25. The average Bonchev–Trinajstić information content (AvgIpc) is 2.69. The van der Waals surface area contributed by atoms with Crippen LogP contribution in [0.4, 0.5) is 25.1 Å². The van der Waals surface area contributed by atoms with Gasteiger partial charge < -0.3 is 16.0 Å². The minimum Gasteiger partial charge on any atom is -0.338 e. The molecule has 3 N–H and O–H groups in total. The summed E-state index contributed by atoms with van der Waals surface area (Å²) in [6, 6.07) is 5.82. The van der Waals surface area contributed by atoms with Gasteiger partial charge in [0.1, 0.15) is 17.3 Å². The van der Waals surface area contributed by atoms with E-state index in [4.69, 9.17) is 0 Å². The van der Waals surface area contributed by atoms with Crippen LogP contribution in [0.2, 0.25) is 0 Å². The Morgan fingerprint density at radius 1 is 1.16 bits per heavy atom. The Morgan fingerprint density at radius 3 is 2.59 bits per heavy atom. The summed E-state index contributed by atoms with van der Waals surface area (Å²) >= 11 is 0. The molecule has 0 unspecified atom stereocenters. The fraction of sp³-hybridized carbons (Fsp3) is 0.304. The molecule has 0 saturated carbocycles. The third-order valence-electron chi connectivity index (χ3n) is 4.95. The molecule has 2 heterocycles. The minimum atomic E-state index is -1.41. The first-order chi connectivity index (χ1) is 15.1. The molecular formula is C23H25F2N5O2. The van der Waals surface area contributed by atoms with Crippen LogP contribution >= 0.6 is 0 Å². The van der Waals surface area contributed by atoms with Gasteiger partial charge in [-0.1, -0.05) is 0 Å². The number of carbonyl (C=O) groups is 2. The van der Waals surface area contributed by atoms with Crippen molar-refractivity contribution in [2.75, 3.05) is 17.2 Å². The summed E-state index contributed by atoms with van der Waals surface area (Å²) in [5.74, 6) is -0.191. The Balaban J connectivity index is 1.90. The first-order valence-electron chi connectivity index (χ1n) is 10.1. The van der Waals surface area contributed by atoms with Crippen LogP contribution in [0.1, 0.15) is 31.5 Å². The summed E-state index contributed by atoms with van der Waals surface area (Å²) in [7, 11) is 0. The Bertz CT molecular complexity index is 1180. The maximum atomic E-state index is 14.5. The van der Waals surface area contributed by atoms with Crippen molar-refractivity contribution in [3.05, 3.63) is 47.5 Å². The topological polar surface area (TPSA) is 96.0 Å². The Hall–Kier alpha value is -3.62. The molecule has 0 bridgehead atoms. The summed E-state index contributed by atoms with van der Waals surface area (Å²) < 4.78 is 28.1. The number of fused-ring (bicyclic) bond motifs is 1. The van der Waals surface area contributed by atoms with E-state index in [1.165, 1.54) is 19.9 Å². The number of carbonyl (C=O) groups excluding carboxylic acids is 2. The number of rotatable bonds is 7. The van der Waals surface area contributed by atoms with Gasteiger partial charge in [-0.05, 0) is 63.4 Å². The Labute approximate surface area is 184 Å². The number of nitrogens with one attached hydrogen (secondary N) is 3. The van der Waals surface area contributed by atoms with E-state index < -0.39 is 17.5 Å². The number of pyridine rings is 2. The molecule has 0 saturated heterocycles. The molecule has 3 amide bonds. The van der Waals surface area contributed by atoms with Crippen LogP contribution < -0.4 is 16.0 Å². The molecule has 7 nitrogen and oxygen atoms in total. The van der Waals surface area contributed by atoms with E-state index in [0.717, 1.165) is 10.9 Å². The molecule has 0 aliphatic carbocycles. The summed E-state index contributed by atoms with van der Waals surface area (Å²) in [6.45, 7) is 6.56. The molecule has 0 fully saturated rings. The lowest BCUT2D eigenvalue weighted by Crippen LogP contribution is -2.32. The number of alkyl halides is 1. The number of aromatic nitrogens is 2. The van der Waals surface area contributed by atoms with Crippen LogP contribution in [-0.4, -0.2) is 34.6 Å². The zero-order valence-electron chi connectivity index (χ0n) is 18.3. The highest BCUT2D eigenvalue weighted by atomic mass is 19.1. The third kappa shape index (κ3) is 5.54. The normalized spacial score (nSPS) is 11.3. The number of nitrogens with zero attached hydrogens (tertiary/aromatic N) is 2. The van der Waals surface area contributed by atoms with Gasteiger partial charge in [-0.2, -0.15) is 0 Å². The lowest BCUT2D eigenvalue weighted by Gasteiger charge is -2.16. The maximum absolute atomic E-state index is 14.5. The monoisotopic (exact) mass is 441 g/mol. The zero-order valence-corrected chi connectivity index (χ0v) is 18.3. The first-order valence-corrected chi connectivity index (χ1v) is 10.1. The standard InChI is InChI=1S/C23H25F2N5O2/c1-13-7-18(24)20(30-22(32)26-6-5-23(3,4)25)9-16(13)17-8-15-11-27-21(28-12-31)10-19(15)29-14(17)2/h7-12H,5-6H2,1-4H3,(H2,26,30,32)(H,27,28,31). The van der Waals surface area contributed by atoms with Crippen molar-refractivity contribution in [2.45, 2.75) is 39.8 Å². The molecule has 168 valence electrons. The number of halogens is 2. The van der Waals surface area contributed by atoms with Crippen LogP contribution in [0.25, 0.3) is 22.0 Å². The van der Waals surface area contributed by atoms with Crippen molar-refractivity contribution in [3.63, 3.8) is 0 Å². The van der Waals surface area contributed by atoms with E-state index >= 15 is 0 Å². The highest BCUT2D eigenvalue weighted by Crippen LogP contribution is 2.32. The molecule has 0 aliphatic rings. The fourth-order valence-electron chi connectivity index (χ4n) is 3.27. The first kappa shape index (κ1) is 23.1. The quantitative estimate of drug-likeness (QED) is 0.455. The lowest BCUT2D eigenvalue weighted by atomic mass is 9.97. The molecule has 1 aromatic carbocycles. The van der Waals surface area contributed by atoms with Gasteiger partial charge in [0.2, 0.25) is 6.41 Å². The molecule has 0 aliphatic heterocycles. The Morgan fingerprint density at radius 2 is 1.91 bits per heavy atom. The van der Waals surface area contributed by atoms with E-state index in [1.54, 1.807) is 25.3 Å². The highest BCUT2D eigenvalue weighted by Gasteiger charge is 2.17. The van der Waals surface area contributed by atoms with Crippen LogP contribution in [0.3, 0.4) is 0 Å². The van der Waals surface area contributed by atoms with Gasteiger partial charge >= 0.3 is 6.03 Å². The van der Waals surface area contributed by atoms with Gasteiger partial charge in [0.15, 0.2) is 0 Å². The predicted molar refractivity (Wildman–Crippen MR) is 121 cm³/mol. The molecular weight excluding hydrogens is 416 g/mol. The number of urea groups is 1. The minimum absolute atomic E-state index is 0.00533. The number of hydrogen-bond donors (Lipinski definition) is 3. The van der Waals surface area contributed by atoms with E-state index in [0.29, 0.717) is 34.6 Å². The number of hydrogen-bond acceptors (Lipinski definition) is 4. The number of amides is 3. The molecule has 3 rings (SSSR count). The molecule has 32 heavy (non-hydrogen) atoms. The number of anilines is 2. The van der Waals surface area contributed by atoms with Gasteiger partial charge in [0.25, 0.3) is 0 Å². The van der Waals surface area contributed by atoms with Crippen molar-refractivity contribution in [3.8, 4) is 11.1 Å². The fourth-order valence-corrected chi connectivity index (χ4v) is 3.27. The summed E-state index contributed by atoms with van der Waals surface area (Å²) in [6.07, 6.45) is 2.28. The van der Waals surface area contributed by atoms with Crippen LogP contribution in [0.5, 0.6) is 0 Å². The molecule has 9 heteroatoms. The molecule has 3 aromatic rings. The van der Waals surface area contributed by atoms with Crippen molar-refractivity contribution in [1.29, 1.82) is 0 Å². The van der Waals surface area contributed by atoms with E-state index in [2.05, 4.69) is 25.9 Å². The van der Waals surface area contributed by atoms with Crippen LogP contribution in [0.15, 0.2) is 30.5 Å². The highest BCUT2D eigenvalue weighted by molar-refractivity contribution is 5.92. The van der Waals surface area contributed by atoms with Gasteiger partial charge in [-0.15, -0.1) is 0 Å². The third-order valence-corrected chi connectivity index (χ3v) is 4.95. The SMILES string of the molecule is Cc1cc(F)c(NC(=O)NCCC(C)(C)F)cc1-c1cc2cnc(NC=O)cc2nc1C. The average molecular weight is 441 g/mol.